The van der Waals surface area contributed by atoms with Crippen LogP contribution in [0.4, 0.5) is 17.1 Å². The molecule has 0 aliphatic rings. The van der Waals surface area contributed by atoms with Crippen LogP contribution in [0.2, 0.25) is 5.02 Å². The largest absolute Gasteiger partial charge is 0.397 e. The number of anilines is 2. The number of nitrogens with zero attached hydrogens (tertiary/aromatic N) is 2. The van der Waals surface area contributed by atoms with Gasteiger partial charge in [-0.3, -0.25) is 14.9 Å². The number of nitrogens with one attached hydrogen (secondary N) is 1. The van der Waals surface area contributed by atoms with Crippen molar-refractivity contribution < 1.29 is 9.72 Å². The number of non-ortho nitro benzene ring substituents is 1. The van der Waals surface area contributed by atoms with E-state index >= 15 is 0 Å². The number of amides is 1. The minimum Gasteiger partial charge on any atom is -0.397 e. The molecule has 4 aromatic rings. The van der Waals surface area contributed by atoms with Gasteiger partial charge in [-0.1, -0.05) is 41.4 Å². The lowest BCUT2D eigenvalue weighted by Gasteiger charge is -2.06. The van der Waals surface area contributed by atoms with Crippen LogP contribution in [0.5, 0.6) is 0 Å². The fourth-order valence-electron chi connectivity index (χ4n) is 2.95. The maximum Gasteiger partial charge on any atom is 0.271 e. The molecular formula is C21H15ClN4O3S. The van der Waals surface area contributed by atoms with Crippen LogP contribution in [0.1, 0.15) is 15.2 Å². The number of aryl methyl sites for hydroxylation is 1. The summed E-state index contributed by atoms with van der Waals surface area (Å²) in [6, 6.07) is 15.5. The van der Waals surface area contributed by atoms with E-state index in [0.29, 0.717) is 15.9 Å². The molecule has 4 rings (SSSR count). The van der Waals surface area contributed by atoms with Crippen molar-refractivity contribution in [3.8, 4) is 11.3 Å². The first-order chi connectivity index (χ1) is 14.3. The van der Waals surface area contributed by atoms with Crippen molar-refractivity contribution in [2.75, 3.05) is 11.1 Å². The summed E-state index contributed by atoms with van der Waals surface area (Å²) < 4.78 is 0. The van der Waals surface area contributed by atoms with Gasteiger partial charge in [0.1, 0.15) is 9.71 Å². The van der Waals surface area contributed by atoms with Crippen LogP contribution < -0.4 is 11.1 Å². The lowest BCUT2D eigenvalue weighted by molar-refractivity contribution is -0.384. The predicted octanol–water partition coefficient (Wildman–Crippen LogP) is 5.67. The molecule has 0 aliphatic carbocycles. The first-order valence-electron chi connectivity index (χ1n) is 8.85. The van der Waals surface area contributed by atoms with Crippen LogP contribution in [0.3, 0.4) is 0 Å². The summed E-state index contributed by atoms with van der Waals surface area (Å²) in [5.41, 5.74) is 9.34. The molecule has 0 fully saturated rings. The third kappa shape index (κ3) is 3.70. The summed E-state index contributed by atoms with van der Waals surface area (Å²) in [5, 5.41) is 14.4. The number of hydrogen-bond acceptors (Lipinski definition) is 6. The number of fused-ring (bicyclic) bond motifs is 1. The zero-order chi connectivity index (χ0) is 21.4. The van der Waals surface area contributed by atoms with Gasteiger partial charge in [0, 0.05) is 23.1 Å². The second kappa shape index (κ2) is 7.74. The van der Waals surface area contributed by atoms with Crippen molar-refractivity contribution in [1.29, 1.82) is 0 Å². The van der Waals surface area contributed by atoms with Gasteiger partial charge in [0.05, 0.1) is 27.0 Å². The maximum absolute atomic E-state index is 12.8. The van der Waals surface area contributed by atoms with E-state index in [0.717, 1.165) is 28.2 Å². The third-order valence-electron chi connectivity index (χ3n) is 4.56. The molecule has 150 valence electrons. The molecule has 2 aromatic heterocycles. The first kappa shape index (κ1) is 19.8. The van der Waals surface area contributed by atoms with Gasteiger partial charge >= 0.3 is 0 Å². The SMILES string of the molecule is Cc1ccc(-c2ccc3c(N)c(C(=O)Nc4cc([N+](=O)[O-])ccc4Cl)sc3n2)cc1. The Morgan fingerprint density at radius 2 is 1.90 bits per heavy atom. The summed E-state index contributed by atoms with van der Waals surface area (Å²) in [6.45, 7) is 2.01. The molecule has 3 N–H and O–H groups in total. The highest BCUT2D eigenvalue weighted by Crippen LogP contribution is 2.35. The number of nitrogens with two attached hydrogens (primary N) is 1. The summed E-state index contributed by atoms with van der Waals surface area (Å²) in [6.07, 6.45) is 0. The van der Waals surface area contributed by atoms with Gasteiger partial charge in [-0.25, -0.2) is 4.98 Å². The second-order valence-corrected chi connectivity index (χ2v) is 8.04. The number of benzene rings is 2. The van der Waals surface area contributed by atoms with Crippen LogP contribution in [-0.4, -0.2) is 15.8 Å². The molecule has 1 amide bonds. The number of carbonyl (C=O) groups is 1. The predicted molar refractivity (Wildman–Crippen MR) is 120 cm³/mol. The zero-order valence-electron chi connectivity index (χ0n) is 15.7. The Bertz CT molecular complexity index is 1300. The molecule has 0 saturated carbocycles. The van der Waals surface area contributed by atoms with Gasteiger partial charge in [-0.2, -0.15) is 0 Å². The highest BCUT2D eigenvalue weighted by Gasteiger charge is 2.20. The van der Waals surface area contributed by atoms with Crippen LogP contribution in [0.25, 0.3) is 21.5 Å². The van der Waals surface area contributed by atoms with Gasteiger partial charge in [-0.15, -0.1) is 11.3 Å². The van der Waals surface area contributed by atoms with Crippen LogP contribution in [-0.2, 0) is 0 Å². The van der Waals surface area contributed by atoms with Crippen molar-refractivity contribution in [2.24, 2.45) is 0 Å². The normalized spacial score (nSPS) is 10.9. The number of thiophene rings is 1. The lowest BCUT2D eigenvalue weighted by Crippen LogP contribution is -2.12. The molecule has 0 aliphatic heterocycles. The second-order valence-electron chi connectivity index (χ2n) is 6.64. The number of nitro benzene ring substituents is 1. The Balaban J connectivity index is 1.68. The lowest BCUT2D eigenvalue weighted by atomic mass is 10.1. The standard InChI is InChI=1S/C21H15ClN4O3S/c1-11-2-4-12(5-3-11)16-9-7-14-18(23)19(30-21(14)25-16)20(27)24-17-10-13(26(28)29)6-8-15(17)22/h2-10H,23H2,1H3,(H,24,27). The highest BCUT2D eigenvalue weighted by molar-refractivity contribution is 7.21. The molecule has 30 heavy (non-hydrogen) atoms. The van der Waals surface area contributed by atoms with E-state index in [1.807, 2.05) is 43.3 Å². The molecular weight excluding hydrogens is 424 g/mol. The molecule has 9 heteroatoms. The number of pyridine rings is 1. The zero-order valence-corrected chi connectivity index (χ0v) is 17.3. The van der Waals surface area contributed by atoms with Crippen molar-refractivity contribution in [2.45, 2.75) is 6.92 Å². The minimum absolute atomic E-state index is 0.140. The van der Waals surface area contributed by atoms with E-state index < -0.39 is 10.8 Å². The molecule has 0 saturated heterocycles. The number of hydrogen-bond donors (Lipinski definition) is 2. The Morgan fingerprint density at radius 1 is 1.17 bits per heavy atom. The molecule has 0 radical (unpaired) electrons. The van der Waals surface area contributed by atoms with E-state index in [2.05, 4.69) is 10.3 Å². The smallest absolute Gasteiger partial charge is 0.271 e. The maximum atomic E-state index is 12.8. The van der Waals surface area contributed by atoms with Crippen molar-refractivity contribution in [3.05, 3.63) is 80.2 Å². The number of nitrogen functional groups attached to an aromatic ring is 1. The molecule has 0 spiro atoms. The number of nitro groups is 1. The van der Waals surface area contributed by atoms with Crippen LogP contribution in [0, 0.1) is 17.0 Å². The number of aromatic nitrogens is 1. The van der Waals surface area contributed by atoms with E-state index in [1.54, 1.807) is 0 Å². The number of carbonyl (C=O) groups excluding carboxylic acids is 1. The summed E-state index contributed by atoms with van der Waals surface area (Å²) in [7, 11) is 0. The van der Waals surface area contributed by atoms with E-state index in [9.17, 15) is 14.9 Å². The highest BCUT2D eigenvalue weighted by atomic mass is 35.5. The number of rotatable bonds is 4. The van der Waals surface area contributed by atoms with Crippen molar-refractivity contribution in [1.82, 2.24) is 4.98 Å². The van der Waals surface area contributed by atoms with Crippen molar-refractivity contribution in [3.63, 3.8) is 0 Å². The Labute approximate surface area is 180 Å². The minimum atomic E-state index is -0.559. The summed E-state index contributed by atoms with van der Waals surface area (Å²) in [5.74, 6) is -0.505. The average molecular weight is 439 g/mol. The quantitative estimate of drug-likeness (QED) is 0.315. The molecule has 2 aromatic carbocycles. The number of halogens is 1. The van der Waals surface area contributed by atoms with Gasteiger partial charge in [0.2, 0.25) is 0 Å². The van der Waals surface area contributed by atoms with Gasteiger partial charge < -0.3 is 11.1 Å². The van der Waals surface area contributed by atoms with Crippen LogP contribution >= 0.6 is 22.9 Å². The summed E-state index contributed by atoms with van der Waals surface area (Å²) >= 11 is 7.23. The molecule has 0 unspecified atom stereocenters. The van der Waals surface area contributed by atoms with Crippen LogP contribution in [0.15, 0.2) is 54.6 Å². The van der Waals surface area contributed by atoms with E-state index in [4.69, 9.17) is 17.3 Å². The topological polar surface area (TPSA) is 111 Å². The van der Waals surface area contributed by atoms with Gasteiger partial charge in [-0.05, 0) is 25.1 Å². The molecule has 7 nitrogen and oxygen atoms in total. The first-order valence-corrected chi connectivity index (χ1v) is 10.0. The Kier molecular flexibility index (Phi) is 5.11. The van der Waals surface area contributed by atoms with Crippen molar-refractivity contribution >= 4 is 56.1 Å². The third-order valence-corrected chi connectivity index (χ3v) is 6.00. The molecule has 2 heterocycles. The average Bonchev–Trinajstić information content (AvgIpc) is 3.06. The van der Waals surface area contributed by atoms with Gasteiger partial charge in [0.25, 0.3) is 11.6 Å². The Morgan fingerprint density at radius 3 is 2.60 bits per heavy atom. The van der Waals surface area contributed by atoms with Gasteiger partial charge in [0.15, 0.2) is 0 Å². The fourth-order valence-corrected chi connectivity index (χ4v) is 4.11. The molecule has 0 atom stereocenters. The van der Waals surface area contributed by atoms with E-state index in [-0.39, 0.29) is 21.3 Å². The van der Waals surface area contributed by atoms with E-state index in [1.165, 1.54) is 18.2 Å². The monoisotopic (exact) mass is 438 g/mol. The summed E-state index contributed by atoms with van der Waals surface area (Å²) in [4.78, 5) is 28.8. The fraction of sp³-hybridized carbons (Fsp3) is 0.0476. The molecule has 0 bridgehead atoms. The Hall–Kier alpha value is -3.49.